The number of aliphatic hydroxyl groups excluding tert-OH is 1. The van der Waals surface area contributed by atoms with Gasteiger partial charge in [0.1, 0.15) is 5.82 Å². The van der Waals surface area contributed by atoms with E-state index in [2.05, 4.69) is 15.9 Å². The van der Waals surface area contributed by atoms with Gasteiger partial charge in [-0.25, -0.2) is 4.39 Å². The van der Waals surface area contributed by atoms with Crippen LogP contribution in [0.2, 0.25) is 0 Å². The molecule has 1 fully saturated rings. The van der Waals surface area contributed by atoms with Gasteiger partial charge in [-0.1, -0.05) is 25.0 Å². The summed E-state index contributed by atoms with van der Waals surface area (Å²) in [5, 5.41) is 10.1. The van der Waals surface area contributed by atoms with E-state index in [1.807, 2.05) is 6.07 Å². The molecule has 0 radical (unpaired) electrons. The molecule has 1 aromatic rings. The summed E-state index contributed by atoms with van der Waals surface area (Å²) < 4.78 is 13.8. The lowest BCUT2D eigenvalue weighted by Gasteiger charge is -2.17. The van der Waals surface area contributed by atoms with Crippen molar-refractivity contribution in [3.05, 3.63) is 34.1 Å². The number of aliphatic hydroxyl groups is 1. The quantitative estimate of drug-likeness (QED) is 0.888. The van der Waals surface area contributed by atoms with Gasteiger partial charge in [-0.3, -0.25) is 0 Å². The van der Waals surface area contributed by atoms with Gasteiger partial charge in [0, 0.05) is 0 Å². The zero-order valence-electron chi connectivity index (χ0n) is 9.83. The van der Waals surface area contributed by atoms with Crippen molar-refractivity contribution in [3.63, 3.8) is 0 Å². The molecule has 0 bridgehead atoms. The normalized spacial score (nSPS) is 18.5. The molecule has 2 rings (SSSR count). The Morgan fingerprint density at radius 3 is 2.76 bits per heavy atom. The lowest BCUT2D eigenvalue weighted by molar-refractivity contribution is 0.102. The van der Waals surface area contributed by atoms with Crippen LogP contribution in [-0.4, -0.2) is 11.2 Å². The number of aryl methyl sites for hydroxylation is 1. The molecule has 17 heavy (non-hydrogen) atoms. The van der Waals surface area contributed by atoms with Crippen molar-refractivity contribution in [3.8, 4) is 0 Å². The van der Waals surface area contributed by atoms with Crippen LogP contribution in [0.4, 0.5) is 4.39 Å². The first-order valence-electron chi connectivity index (χ1n) is 6.29. The molecular weight excluding hydrogens is 283 g/mol. The maximum Gasteiger partial charge on any atom is 0.137 e. The smallest absolute Gasteiger partial charge is 0.137 e. The predicted octanol–water partition coefficient (Wildman–Crippen LogP) is 4.07. The van der Waals surface area contributed by atoms with E-state index in [9.17, 15) is 9.50 Å². The first kappa shape index (κ1) is 13.0. The molecule has 1 aliphatic rings. The summed E-state index contributed by atoms with van der Waals surface area (Å²) in [7, 11) is 0. The Morgan fingerprint density at radius 2 is 2.06 bits per heavy atom. The Kier molecular flexibility index (Phi) is 4.57. The molecule has 1 unspecified atom stereocenters. The van der Waals surface area contributed by atoms with Crippen molar-refractivity contribution in [2.45, 2.75) is 44.6 Å². The minimum absolute atomic E-state index is 0.224. The van der Waals surface area contributed by atoms with Gasteiger partial charge in [0.25, 0.3) is 0 Å². The van der Waals surface area contributed by atoms with Gasteiger partial charge in [0.15, 0.2) is 0 Å². The molecule has 94 valence electrons. The third-order valence-corrected chi connectivity index (χ3v) is 4.57. The van der Waals surface area contributed by atoms with Gasteiger partial charge in [-0.15, -0.1) is 0 Å². The largest absolute Gasteiger partial charge is 0.393 e. The fourth-order valence-corrected chi connectivity index (χ4v) is 3.09. The van der Waals surface area contributed by atoms with Crippen LogP contribution in [0.1, 0.15) is 37.7 Å². The zero-order chi connectivity index (χ0) is 12.3. The fourth-order valence-electron chi connectivity index (χ4n) is 2.62. The van der Waals surface area contributed by atoms with Crippen LogP contribution >= 0.6 is 15.9 Å². The van der Waals surface area contributed by atoms with Gasteiger partial charge >= 0.3 is 0 Å². The summed E-state index contributed by atoms with van der Waals surface area (Å²) in [5.74, 6) is 0.236. The van der Waals surface area contributed by atoms with E-state index < -0.39 is 0 Å². The lowest BCUT2D eigenvalue weighted by atomic mass is 9.95. The topological polar surface area (TPSA) is 20.2 Å². The minimum Gasteiger partial charge on any atom is -0.393 e. The average Bonchev–Trinajstić information content (AvgIpc) is 2.84. The van der Waals surface area contributed by atoms with Crippen molar-refractivity contribution in [2.75, 3.05) is 0 Å². The zero-order valence-corrected chi connectivity index (χ0v) is 11.4. The Hall–Kier alpha value is -0.410. The van der Waals surface area contributed by atoms with Crippen molar-refractivity contribution in [2.24, 2.45) is 5.92 Å². The number of halogens is 2. The van der Waals surface area contributed by atoms with E-state index in [4.69, 9.17) is 0 Å². The third kappa shape index (κ3) is 3.29. The van der Waals surface area contributed by atoms with Crippen LogP contribution in [0.5, 0.6) is 0 Å². The Bertz CT molecular complexity index is 374. The van der Waals surface area contributed by atoms with Crippen LogP contribution in [0.3, 0.4) is 0 Å². The van der Waals surface area contributed by atoms with Gasteiger partial charge in [-0.05, 0) is 59.2 Å². The van der Waals surface area contributed by atoms with Crippen molar-refractivity contribution >= 4 is 15.9 Å². The first-order chi connectivity index (χ1) is 8.18. The molecule has 0 heterocycles. The third-order valence-electron chi connectivity index (χ3n) is 3.68. The van der Waals surface area contributed by atoms with Crippen molar-refractivity contribution < 1.29 is 9.50 Å². The molecule has 1 N–H and O–H groups in total. The summed E-state index contributed by atoms with van der Waals surface area (Å²) in [6.45, 7) is 0. The second-order valence-electron chi connectivity index (χ2n) is 4.86. The van der Waals surface area contributed by atoms with Crippen LogP contribution < -0.4 is 0 Å². The molecule has 0 amide bonds. The highest BCUT2D eigenvalue weighted by molar-refractivity contribution is 9.10. The molecule has 1 atom stereocenters. The van der Waals surface area contributed by atoms with Crippen molar-refractivity contribution in [1.29, 1.82) is 0 Å². The number of benzene rings is 1. The maximum absolute atomic E-state index is 13.3. The van der Waals surface area contributed by atoms with Gasteiger partial charge in [0.05, 0.1) is 10.6 Å². The van der Waals surface area contributed by atoms with Crippen molar-refractivity contribution in [1.82, 2.24) is 0 Å². The molecule has 0 spiro atoms. The van der Waals surface area contributed by atoms with E-state index in [0.717, 1.165) is 31.2 Å². The fraction of sp³-hybridized carbons (Fsp3) is 0.571. The van der Waals surface area contributed by atoms with Crippen LogP contribution in [0, 0.1) is 11.7 Å². The number of rotatable bonds is 4. The van der Waals surface area contributed by atoms with E-state index in [0.29, 0.717) is 10.4 Å². The predicted molar refractivity (Wildman–Crippen MR) is 70.4 cm³/mol. The average molecular weight is 301 g/mol. The lowest BCUT2D eigenvalue weighted by Crippen LogP contribution is -2.18. The van der Waals surface area contributed by atoms with E-state index >= 15 is 0 Å². The van der Waals surface area contributed by atoms with E-state index in [1.54, 1.807) is 6.07 Å². The SMILES string of the molecule is OC(CCc1cccc(F)c1Br)C1CCCC1. The molecule has 3 heteroatoms. The second-order valence-corrected chi connectivity index (χ2v) is 5.66. The Morgan fingerprint density at radius 1 is 1.35 bits per heavy atom. The molecule has 0 aliphatic heterocycles. The molecule has 1 aromatic carbocycles. The highest BCUT2D eigenvalue weighted by Crippen LogP contribution is 2.30. The minimum atomic E-state index is -0.229. The summed E-state index contributed by atoms with van der Waals surface area (Å²) in [6, 6.07) is 5.08. The number of hydrogen-bond donors (Lipinski definition) is 1. The standard InChI is InChI=1S/C14H18BrFO/c15-14-11(6-3-7-12(14)16)8-9-13(17)10-4-1-2-5-10/h3,6-7,10,13,17H,1-2,4-5,8-9H2. The van der Waals surface area contributed by atoms with Crippen LogP contribution in [0.15, 0.2) is 22.7 Å². The molecule has 0 aromatic heterocycles. The van der Waals surface area contributed by atoms with Crippen LogP contribution in [-0.2, 0) is 6.42 Å². The molecule has 1 saturated carbocycles. The molecule has 1 nitrogen and oxygen atoms in total. The maximum atomic E-state index is 13.3. The molecular formula is C14H18BrFO. The van der Waals surface area contributed by atoms with E-state index in [1.165, 1.54) is 18.9 Å². The van der Waals surface area contributed by atoms with E-state index in [-0.39, 0.29) is 11.9 Å². The monoisotopic (exact) mass is 300 g/mol. The molecule has 1 aliphatic carbocycles. The highest BCUT2D eigenvalue weighted by Gasteiger charge is 2.23. The van der Waals surface area contributed by atoms with Gasteiger partial charge in [-0.2, -0.15) is 0 Å². The summed E-state index contributed by atoms with van der Waals surface area (Å²) in [4.78, 5) is 0. The summed E-state index contributed by atoms with van der Waals surface area (Å²) >= 11 is 3.26. The van der Waals surface area contributed by atoms with Crippen LogP contribution in [0.25, 0.3) is 0 Å². The summed E-state index contributed by atoms with van der Waals surface area (Å²) in [6.07, 6.45) is 6.00. The first-order valence-corrected chi connectivity index (χ1v) is 7.08. The van der Waals surface area contributed by atoms with Gasteiger partial charge in [0.2, 0.25) is 0 Å². The Balaban J connectivity index is 1.90. The number of hydrogen-bond acceptors (Lipinski definition) is 1. The summed E-state index contributed by atoms with van der Waals surface area (Å²) in [5.41, 5.74) is 0.946. The molecule has 0 saturated heterocycles. The van der Waals surface area contributed by atoms with Gasteiger partial charge < -0.3 is 5.11 Å². The Labute approximate surface area is 110 Å². The highest BCUT2D eigenvalue weighted by atomic mass is 79.9. The second kappa shape index (κ2) is 5.96.